The largest absolute Gasteiger partial charge is 0.466 e. The number of carbonyl (C=O) groups excluding carboxylic acids is 1. The van der Waals surface area contributed by atoms with E-state index in [9.17, 15) is 4.79 Å². The molecule has 0 saturated heterocycles. The predicted molar refractivity (Wildman–Crippen MR) is 48.6 cm³/mol. The maximum Gasteiger partial charge on any atom is 0.315 e. The third-order valence-electron chi connectivity index (χ3n) is 1.57. The third-order valence-corrected chi connectivity index (χ3v) is 1.57. The topological polar surface area (TPSA) is 65.2 Å². The molecule has 14 heavy (non-hydrogen) atoms. The summed E-state index contributed by atoms with van der Waals surface area (Å²) in [4.78, 5) is 11.0. The van der Waals surface area contributed by atoms with E-state index in [-0.39, 0.29) is 12.4 Å². The van der Waals surface area contributed by atoms with Crippen molar-refractivity contribution in [3.05, 3.63) is 11.8 Å². The van der Waals surface area contributed by atoms with Gasteiger partial charge >= 0.3 is 5.97 Å². The Bertz CT molecular complexity index is 296. The van der Waals surface area contributed by atoms with Gasteiger partial charge in [0, 0.05) is 6.42 Å². The van der Waals surface area contributed by atoms with Crippen LogP contribution in [0.4, 0.5) is 0 Å². The zero-order chi connectivity index (χ0) is 10.4. The van der Waals surface area contributed by atoms with Gasteiger partial charge in [-0.2, -0.15) is 0 Å². The molecule has 1 aromatic heterocycles. The predicted octanol–water partition coefficient (Wildman–Crippen LogP) is 1.13. The number of hydrogen-bond donors (Lipinski definition) is 0. The van der Waals surface area contributed by atoms with Crippen molar-refractivity contribution in [2.45, 2.75) is 33.1 Å². The maximum atomic E-state index is 11.0. The van der Waals surface area contributed by atoms with E-state index in [1.165, 1.54) is 0 Å². The Balaban J connectivity index is 2.46. The maximum absolute atomic E-state index is 11.0. The standard InChI is InChI=1S/C9H14N2O3/c1-3-5-7-10-11-8(14-7)6-9(12)13-4-2/h3-6H2,1-2H3. The van der Waals surface area contributed by atoms with Crippen LogP contribution in [0.1, 0.15) is 32.0 Å². The molecular weight excluding hydrogens is 184 g/mol. The molecule has 0 aliphatic heterocycles. The van der Waals surface area contributed by atoms with Gasteiger partial charge in [-0.25, -0.2) is 0 Å². The van der Waals surface area contributed by atoms with Crippen LogP contribution in [-0.4, -0.2) is 22.8 Å². The second kappa shape index (κ2) is 5.36. The van der Waals surface area contributed by atoms with Crippen molar-refractivity contribution in [2.75, 3.05) is 6.61 Å². The Morgan fingerprint density at radius 1 is 1.36 bits per heavy atom. The van der Waals surface area contributed by atoms with Crippen molar-refractivity contribution in [2.24, 2.45) is 0 Å². The molecule has 1 heterocycles. The van der Waals surface area contributed by atoms with Gasteiger partial charge < -0.3 is 9.15 Å². The summed E-state index contributed by atoms with van der Waals surface area (Å²) in [5, 5.41) is 7.53. The number of aromatic nitrogens is 2. The Hall–Kier alpha value is -1.39. The van der Waals surface area contributed by atoms with Crippen LogP contribution in [0.3, 0.4) is 0 Å². The Labute approximate surface area is 82.5 Å². The highest BCUT2D eigenvalue weighted by Gasteiger charge is 2.10. The SMILES string of the molecule is CCCc1nnc(CC(=O)OCC)o1. The van der Waals surface area contributed by atoms with Gasteiger partial charge in [-0.3, -0.25) is 4.79 Å². The van der Waals surface area contributed by atoms with E-state index >= 15 is 0 Å². The van der Waals surface area contributed by atoms with Gasteiger partial charge in [0.2, 0.25) is 11.8 Å². The number of rotatable bonds is 5. The van der Waals surface area contributed by atoms with Crippen molar-refractivity contribution >= 4 is 5.97 Å². The quantitative estimate of drug-likeness (QED) is 0.663. The van der Waals surface area contributed by atoms with E-state index in [0.29, 0.717) is 18.4 Å². The van der Waals surface area contributed by atoms with Crippen molar-refractivity contribution < 1.29 is 13.9 Å². The lowest BCUT2D eigenvalue weighted by atomic mass is 10.3. The van der Waals surface area contributed by atoms with Crippen LogP contribution in [-0.2, 0) is 22.4 Å². The van der Waals surface area contributed by atoms with Gasteiger partial charge in [0.15, 0.2) is 0 Å². The highest BCUT2D eigenvalue weighted by molar-refractivity contribution is 5.71. The Morgan fingerprint density at radius 2 is 2.07 bits per heavy atom. The molecule has 1 aromatic rings. The van der Waals surface area contributed by atoms with E-state index < -0.39 is 0 Å². The first-order chi connectivity index (χ1) is 6.76. The van der Waals surface area contributed by atoms with E-state index in [0.717, 1.165) is 12.8 Å². The summed E-state index contributed by atoms with van der Waals surface area (Å²) in [5.74, 6) is 0.567. The summed E-state index contributed by atoms with van der Waals surface area (Å²) in [5.41, 5.74) is 0. The molecule has 0 atom stereocenters. The van der Waals surface area contributed by atoms with Crippen LogP contribution in [0.2, 0.25) is 0 Å². The molecule has 0 saturated carbocycles. The van der Waals surface area contributed by atoms with Crippen LogP contribution in [0.5, 0.6) is 0 Å². The van der Waals surface area contributed by atoms with Crippen LogP contribution in [0, 0.1) is 0 Å². The first-order valence-corrected chi connectivity index (χ1v) is 4.73. The van der Waals surface area contributed by atoms with Crippen LogP contribution in [0.25, 0.3) is 0 Å². The lowest BCUT2D eigenvalue weighted by Gasteiger charge is -1.96. The highest BCUT2D eigenvalue weighted by Crippen LogP contribution is 2.03. The number of hydrogen-bond acceptors (Lipinski definition) is 5. The Morgan fingerprint density at radius 3 is 2.71 bits per heavy atom. The molecular formula is C9H14N2O3. The molecule has 0 radical (unpaired) electrons. The molecule has 0 aliphatic carbocycles. The fourth-order valence-electron chi connectivity index (χ4n) is 1.01. The number of esters is 1. The van der Waals surface area contributed by atoms with Crippen LogP contribution < -0.4 is 0 Å². The van der Waals surface area contributed by atoms with Gasteiger partial charge in [-0.05, 0) is 13.3 Å². The molecule has 0 N–H and O–H groups in total. The zero-order valence-corrected chi connectivity index (χ0v) is 8.45. The number of aryl methyl sites for hydroxylation is 1. The van der Waals surface area contributed by atoms with Crippen molar-refractivity contribution in [1.82, 2.24) is 10.2 Å². The number of carbonyl (C=O) groups is 1. The van der Waals surface area contributed by atoms with E-state index in [4.69, 9.17) is 9.15 Å². The summed E-state index contributed by atoms with van der Waals surface area (Å²) in [7, 11) is 0. The molecule has 0 aliphatic rings. The minimum atomic E-state index is -0.334. The fourth-order valence-corrected chi connectivity index (χ4v) is 1.01. The molecule has 0 fully saturated rings. The van der Waals surface area contributed by atoms with Gasteiger partial charge in [-0.1, -0.05) is 6.92 Å². The molecule has 0 bridgehead atoms. The summed E-state index contributed by atoms with van der Waals surface area (Å²) in [6, 6.07) is 0. The summed E-state index contributed by atoms with van der Waals surface area (Å²) >= 11 is 0. The smallest absolute Gasteiger partial charge is 0.315 e. The van der Waals surface area contributed by atoms with Gasteiger partial charge in [0.05, 0.1) is 6.61 Å². The van der Waals surface area contributed by atoms with Crippen LogP contribution >= 0.6 is 0 Å². The van der Waals surface area contributed by atoms with E-state index in [1.807, 2.05) is 6.92 Å². The normalized spacial score (nSPS) is 10.1. The lowest BCUT2D eigenvalue weighted by Crippen LogP contribution is -2.07. The first-order valence-electron chi connectivity index (χ1n) is 4.73. The van der Waals surface area contributed by atoms with Crippen LogP contribution in [0.15, 0.2) is 4.42 Å². The first kappa shape index (κ1) is 10.7. The zero-order valence-electron chi connectivity index (χ0n) is 8.45. The molecule has 0 spiro atoms. The van der Waals surface area contributed by atoms with Gasteiger partial charge in [-0.15, -0.1) is 10.2 Å². The monoisotopic (exact) mass is 198 g/mol. The second-order valence-electron chi connectivity index (χ2n) is 2.82. The van der Waals surface area contributed by atoms with E-state index in [2.05, 4.69) is 10.2 Å². The Kier molecular flexibility index (Phi) is 4.10. The second-order valence-corrected chi connectivity index (χ2v) is 2.82. The van der Waals surface area contributed by atoms with Crippen molar-refractivity contribution in [3.63, 3.8) is 0 Å². The number of ether oxygens (including phenoxy) is 1. The average Bonchev–Trinajstić information content (AvgIpc) is 2.53. The molecule has 5 heteroatoms. The fraction of sp³-hybridized carbons (Fsp3) is 0.667. The van der Waals surface area contributed by atoms with Gasteiger partial charge in [0.1, 0.15) is 6.42 Å². The molecule has 1 rings (SSSR count). The van der Waals surface area contributed by atoms with Gasteiger partial charge in [0.25, 0.3) is 0 Å². The molecule has 5 nitrogen and oxygen atoms in total. The molecule has 0 aromatic carbocycles. The molecule has 0 unspecified atom stereocenters. The lowest BCUT2D eigenvalue weighted by molar-refractivity contribution is -0.142. The van der Waals surface area contributed by atoms with Crippen molar-refractivity contribution in [1.29, 1.82) is 0 Å². The van der Waals surface area contributed by atoms with Crippen molar-refractivity contribution in [3.8, 4) is 0 Å². The average molecular weight is 198 g/mol. The minimum absolute atomic E-state index is 0.0601. The highest BCUT2D eigenvalue weighted by atomic mass is 16.5. The number of nitrogens with zero attached hydrogens (tertiary/aromatic N) is 2. The summed E-state index contributed by atoms with van der Waals surface area (Å²) < 4.78 is 9.97. The molecule has 0 amide bonds. The third kappa shape index (κ3) is 3.16. The minimum Gasteiger partial charge on any atom is -0.466 e. The summed E-state index contributed by atoms with van der Waals surface area (Å²) in [6.45, 7) is 4.15. The van der Waals surface area contributed by atoms with E-state index in [1.54, 1.807) is 6.92 Å². The summed E-state index contributed by atoms with van der Waals surface area (Å²) in [6.07, 6.45) is 1.75. The molecule has 78 valence electrons.